The van der Waals surface area contributed by atoms with Gasteiger partial charge in [-0.1, -0.05) is 25.1 Å². The number of nitrogens with zero attached hydrogens (tertiary/aromatic N) is 3. The minimum Gasteiger partial charge on any atom is -0.358 e. The van der Waals surface area contributed by atoms with E-state index in [1.54, 1.807) is 19.0 Å². The fraction of sp³-hybridized carbons (Fsp3) is 0.565. The average molecular weight is 540 g/mol. The van der Waals surface area contributed by atoms with Crippen molar-refractivity contribution in [3.63, 3.8) is 0 Å². The Balaban J connectivity index is 0.00000341. The number of likely N-dealkylation sites (tertiary alicyclic amines) is 1. The Morgan fingerprint density at radius 1 is 1.29 bits per heavy atom. The van der Waals surface area contributed by atoms with Crippen LogP contribution in [0.3, 0.4) is 0 Å². The van der Waals surface area contributed by atoms with Crippen molar-refractivity contribution in [2.75, 3.05) is 46.8 Å². The van der Waals surface area contributed by atoms with Crippen LogP contribution in [-0.4, -0.2) is 79.5 Å². The van der Waals surface area contributed by atoms with Crippen molar-refractivity contribution in [1.29, 1.82) is 0 Å². The van der Waals surface area contributed by atoms with Crippen LogP contribution >= 0.6 is 24.0 Å². The number of hydrogen-bond acceptors (Lipinski definition) is 3. The van der Waals surface area contributed by atoms with Gasteiger partial charge in [-0.25, -0.2) is 4.99 Å². The molecule has 172 valence electrons. The minimum atomic E-state index is -0.000348. The quantitative estimate of drug-likeness (QED) is 0.274. The first-order chi connectivity index (χ1) is 14.5. The molecular weight excluding hydrogens is 503 g/mol. The summed E-state index contributed by atoms with van der Waals surface area (Å²) in [5, 5.41) is 8.18. The molecule has 7 nitrogen and oxygen atoms in total. The van der Waals surface area contributed by atoms with Crippen LogP contribution in [-0.2, 0) is 11.2 Å². The lowest BCUT2D eigenvalue weighted by Gasteiger charge is -2.24. The molecule has 0 aliphatic carbocycles. The molecule has 1 atom stereocenters. The highest BCUT2D eigenvalue weighted by atomic mass is 127. The smallest absolute Gasteiger partial charge is 0.243 e. The molecule has 0 saturated carbocycles. The van der Waals surface area contributed by atoms with E-state index in [1.165, 1.54) is 41.5 Å². The molecule has 8 heteroatoms. The normalized spacial score (nSPS) is 16.9. The van der Waals surface area contributed by atoms with E-state index in [-0.39, 0.29) is 36.4 Å². The van der Waals surface area contributed by atoms with Crippen LogP contribution in [0.15, 0.2) is 29.3 Å². The zero-order valence-electron chi connectivity index (χ0n) is 19.2. The first-order valence-corrected chi connectivity index (χ1v) is 11.0. The largest absolute Gasteiger partial charge is 0.358 e. The van der Waals surface area contributed by atoms with Crippen LogP contribution in [0.5, 0.6) is 0 Å². The number of aryl methyl sites for hydroxylation is 1. The highest BCUT2D eigenvalue weighted by Crippen LogP contribution is 2.22. The van der Waals surface area contributed by atoms with Gasteiger partial charge in [0.05, 0.1) is 0 Å². The number of nitrogens with one attached hydrogen (secondary N) is 3. The summed E-state index contributed by atoms with van der Waals surface area (Å²) < 4.78 is 0. The molecule has 1 aromatic heterocycles. The fourth-order valence-corrected chi connectivity index (χ4v) is 4.18. The van der Waals surface area contributed by atoms with Gasteiger partial charge in [-0.2, -0.15) is 0 Å². The summed E-state index contributed by atoms with van der Waals surface area (Å²) in [5.41, 5.74) is 3.71. The van der Waals surface area contributed by atoms with E-state index in [0.717, 1.165) is 26.1 Å². The van der Waals surface area contributed by atoms with Gasteiger partial charge in [0.2, 0.25) is 5.91 Å². The number of aromatic amines is 1. The molecule has 0 radical (unpaired) electrons. The average Bonchev–Trinajstić information content (AvgIpc) is 3.32. The number of halogens is 1. The van der Waals surface area contributed by atoms with Crippen molar-refractivity contribution in [3.05, 3.63) is 35.5 Å². The van der Waals surface area contributed by atoms with E-state index < -0.39 is 0 Å². The molecule has 1 unspecified atom stereocenters. The maximum absolute atomic E-state index is 12.0. The van der Waals surface area contributed by atoms with E-state index >= 15 is 0 Å². The highest BCUT2D eigenvalue weighted by Gasteiger charge is 2.22. The Labute approximate surface area is 203 Å². The maximum Gasteiger partial charge on any atom is 0.243 e. The van der Waals surface area contributed by atoms with Crippen LogP contribution < -0.4 is 10.6 Å². The van der Waals surface area contributed by atoms with Crippen LogP contribution in [0.25, 0.3) is 10.9 Å². The van der Waals surface area contributed by atoms with Crippen molar-refractivity contribution in [1.82, 2.24) is 25.4 Å². The molecule has 3 N–H and O–H groups in total. The van der Waals surface area contributed by atoms with Gasteiger partial charge in [-0.15, -0.1) is 24.0 Å². The van der Waals surface area contributed by atoms with Gasteiger partial charge in [-0.05, 0) is 50.9 Å². The zero-order valence-corrected chi connectivity index (χ0v) is 21.5. The van der Waals surface area contributed by atoms with E-state index in [1.807, 2.05) is 0 Å². The molecule has 1 aromatic carbocycles. The van der Waals surface area contributed by atoms with Crippen LogP contribution in [0.1, 0.15) is 31.0 Å². The molecule has 2 heterocycles. The van der Waals surface area contributed by atoms with Crippen molar-refractivity contribution < 1.29 is 4.79 Å². The van der Waals surface area contributed by atoms with Crippen LogP contribution in [0.2, 0.25) is 0 Å². The Morgan fingerprint density at radius 3 is 2.81 bits per heavy atom. The van der Waals surface area contributed by atoms with Crippen LogP contribution in [0.4, 0.5) is 0 Å². The van der Waals surface area contributed by atoms with Crippen molar-refractivity contribution in [3.8, 4) is 0 Å². The molecule has 31 heavy (non-hydrogen) atoms. The summed E-state index contributed by atoms with van der Waals surface area (Å²) >= 11 is 0. The van der Waals surface area contributed by atoms with E-state index in [2.05, 4.69) is 63.6 Å². The molecule has 1 aliphatic heterocycles. The number of aromatic nitrogens is 1. The number of para-hydroxylation sites is 1. The van der Waals surface area contributed by atoms with Gasteiger partial charge in [0.1, 0.15) is 6.54 Å². The second-order valence-electron chi connectivity index (χ2n) is 8.21. The molecule has 3 rings (SSSR count). The zero-order chi connectivity index (χ0) is 21.5. The second kappa shape index (κ2) is 12.3. The lowest BCUT2D eigenvalue weighted by molar-refractivity contribution is -0.127. The molecule has 1 saturated heterocycles. The minimum absolute atomic E-state index is 0. The Hall–Kier alpha value is -1.81. The first kappa shape index (κ1) is 25.5. The molecule has 2 aromatic rings. The molecule has 1 fully saturated rings. The lowest BCUT2D eigenvalue weighted by Crippen LogP contribution is -2.45. The molecule has 1 aliphatic rings. The number of carbonyl (C=O) groups is 1. The molecule has 0 bridgehead atoms. The fourth-order valence-electron chi connectivity index (χ4n) is 4.18. The van der Waals surface area contributed by atoms with E-state index in [4.69, 9.17) is 0 Å². The number of hydrogen-bond donors (Lipinski definition) is 3. The van der Waals surface area contributed by atoms with Gasteiger partial charge >= 0.3 is 0 Å². The summed E-state index contributed by atoms with van der Waals surface area (Å²) in [5.74, 6) is 0.713. The van der Waals surface area contributed by atoms with Gasteiger partial charge in [0.25, 0.3) is 0 Å². The van der Waals surface area contributed by atoms with Crippen LogP contribution in [0, 0.1) is 6.92 Å². The standard InChI is InChI=1S/C23H36N6O.HI/c1-5-29-14-8-9-18(29)15-25-23(26-16-22(30)28(3)4)24-13-12-19-17(2)27-21-11-7-6-10-20(19)21;/h6-7,10-11,18,27H,5,8-9,12-16H2,1-4H3,(H2,24,25,26);1H. The number of likely N-dealkylation sites (N-methyl/N-ethyl adjacent to an activating group) is 2. The lowest BCUT2D eigenvalue weighted by atomic mass is 10.1. The van der Waals surface area contributed by atoms with Crippen molar-refractivity contribution >= 4 is 46.7 Å². The molecule has 0 spiro atoms. The predicted molar refractivity (Wildman–Crippen MR) is 139 cm³/mol. The number of benzene rings is 1. The number of rotatable bonds is 8. The van der Waals surface area contributed by atoms with E-state index in [0.29, 0.717) is 12.0 Å². The van der Waals surface area contributed by atoms with Gasteiger partial charge < -0.3 is 20.5 Å². The Morgan fingerprint density at radius 2 is 2.06 bits per heavy atom. The van der Waals surface area contributed by atoms with E-state index in [9.17, 15) is 4.79 Å². The SMILES string of the molecule is CCN1CCCC1CNC(=NCC(=O)N(C)C)NCCc1c(C)[nH]c2ccccc12.I. The Bertz CT molecular complexity index is 878. The number of amides is 1. The summed E-state index contributed by atoms with van der Waals surface area (Å²) in [6, 6.07) is 8.94. The summed E-state index contributed by atoms with van der Waals surface area (Å²) in [4.78, 5) is 24.1. The summed E-state index contributed by atoms with van der Waals surface area (Å²) in [6.45, 7) is 8.33. The number of carbonyl (C=O) groups excluding carboxylic acids is 1. The van der Waals surface area contributed by atoms with Gasteiger partial charge in [0.15, 0.2) is 5.96 Å². The van der Waals surface area contributed by atoms with Gasteiger partial charge in [0, 0.05) is 49.8 Å². The maximum atomic E-state index is 12.0. The predicted octanol–water partition coefficient (Wildman–Crippen LogP) is 2.74. The molecular formula is C23H37IN6O. The monoisotopic (exact) mass is 540 g/mol. The Kier molecular flexibility index (Phi) is 10.1. The topological polar surface area (TPSA) is 75.8 Å². The second-order valence-corrected chi connectivity index (χ2v) is 8.21. The van der Waals surface area contributed by atoms with Crippen molar-refractivity contribution in [2.45, 2.75) is 39.2 Å². The number of fused-ring (bicyclic) bond motifs is 1. The third-order valence-electron chi connectivity index (χ3n) is 5.98. The molecule has 1 amide bonds. The van der Waals surface area contributed by atoms with Crippen molar-refractivity contribution in [2.24, 2.45) is 4.99 Å². The summed E-state index contributed by atoms with van der Waals surface area (Å²) in [6.07, 6.45) is 3.35. The third-order valence-corrected chi connectivity index (χ3v) is 5.98. The number of H-pyrrole nitrogens is 1. The summed E-state index contributed by atoms with van der Waals surface area (Å²) in [7, 11) is 3.52. The third kappa shape index (κ3) is 6.83. The number of aliphatic imine (C=N–C) groups is 1. The van der Waals surface area contributed by atoms with Gasteiger partial charge in [-0.3, -0.25) is 9.69 Å². The first-order valence-electron chi connectivity index (χ1n) is 11.0. The highest BCUT2D eigenvalue weighted by molar-refractivity contribution is 14.0. The number of guanidine groups is 1.